The average molecular weight is 488 g/mol. The van der Waals surface area contributed by atoms with E-state index in [0.717, 1.165) is 6.42 Å². The highest BCUT2D eigenvalue weighted by molar-refractivity contribution is 7.89. The number of piperidine rings is 1. The predicted molar refractivity (Wildman–Crippen MR) is 124 cm³/mol. The number of sulfonamides is 1. The second-order valence-corrected chi connectivity index (χ2v) is 10.3. The molecule has 0 unspecified atom stereocenters. The molecule has 0 bridgehead atoms. The number of hydrogen-bond donors (Lipinski definition) is 0. The summed E-state index contributed by atoms with van der Waals surface area (Å²) in [6.07, 6.45) is 2.29. The average Bonchev–Trinajstić information content (AvgIpc) is 3.12. The minimum Gasteiger partial charge on any atom is -0.490 e. The van der Waals surface area contributed by atoms with Crippen LogP contribution in [-0.2, 0) is 19.6 Å². The van der Waals surface area contributed by atoms with Crippen molar-refractivity contribution in [3.05, 3.63) is 54.1 Å². The summed E-state index contributed by atoms with van der Waals surface area (Å²) < 4.78 is 44.2. The summed E-state index contributed by atoms with van der Waals surface area (Å²) >= 11 is 0. The van der Waals surface area contributed by atoms with Crippen molar-refractivity contribution < 1.29 is 32.2 Å². The monoisotopic (exact) mass is 487 g/mol. The molecule has 2 aliphatic rings. The van der Waals surface area contributed by atoms with Crippen LogP contribution in [0.15, 0.2) is 53.4 Å². The molecule has 0 atom stereocenters. The predicted octanol–water partition coefficient (Wildman–Crippen LogP) is 3.45. The van der Waals surface area contributed by atoms with Crippen LogP contribution in [0, 0.1) is 5.92 Å². The van der Waals surface area contributed by atoms with Crippen molar-refractivity contribution in [2.75, 3.05) is 32.9 Å². The molecule has 2 aliphatic heterocycles. The van der Waals surface area contributed by atoms with Gasteiger partial charge in [-0.2, -0.15) is 4.31 Å². The van der Waals surface area contributed by atoms with Gasteiger partial charge >= 0.3 is 5.97 Å². The van der Waals surface area contributed by atoms with Crippen LogP contribution in [-0.4, -0.2) is 57.4 Å². The molecule has 0 radical (unpaired) electrons. The molecule has 8 nitrogen and oxygen atoms in total. The molecule has 0 aliphatic carbocycles. The molecular weight excluding hydrogens is 458 g/mol. The van der Waals surface area contributed by atoms with Crippen molar-refractivity contribution in [2.24, 2.45) is 5.92 Å². The Morgan fingerprint density at radius 3 is 2.41 bits per heavy atom. The quantitative estimate of drug-likeness (QED) is 0.319. The lowest BCUT2D eigenvalue weighted by Crippen LogP contribution is -2.40. The fourth-order valence-corrected chi connectivity index (χ4v) is 5.56. The van der Waals surface area contributed by atoms with Gasteiger partial charge in [0.2, 0.25) is 10.0 Å². The van der Waals surface area contributed by atoms with E-state index in [4.69, 9.17) is 14.2 Å². The first-order chi connectivity index (χ1) is 16.4. The van der Waals surface area contributed by atoms with E-state index >= 15 is 0 Å². The first kappa shape index (κ1) is 24.2. The van der Waals surface area contributed by atoms with Crippen molar-refractivity contribution in [3.8, 4) is 11.5 Å². The molecule has 34 heavy (non-hydrogen) atoms. The van der Waals surface area contributed by atoms with Gasteiger partial charge in [0, 0.05) is 37.6 Å². The number of esters is 1. The van der Waals surface area contributed by atoms with Crippen molar-refractivity contribution >= 4 is 21.8 Å². The Balaban J connectivity index is 1.24. The highest BCUT2D eigenvalue weighted by atomic mass is 32.2. The van der Waals surface area contributed by atoms with Crippen LogP contribution >= 0.6 is 0 Å². The molecule has 9 heteroatoms. The zero-order chi connectivity index (χ0) is 24.0. The van der Waals surface area contributed by atoms with E-state index < -0.39 is 10.0 Å². The summed E-state index contributed by atoms with van der Waals surface area (Å²) in [4.78, 5) is 24.7. The minimum atomic E-state index is -3.71. The molecule has 2 heterocycles. The number of hydrogen-bond acceptors (Lipinski definition) is 7. The lowest BCUT2D eigenvalue weighted by Gasteiger charge is -2.30. The van der Waals surface area contributed by atoms with Crippen molar-refractivity contribution in [1.29, 1.82) is 0 Å². The molecule has 4 rings (SSSR count). The van der Waals surface area contributed by atoms with E-state index in [1.165, 1.54) is 16.4 Å². The first-order valence-electron chi connectivity index (χ1n) is 11.6. The molecule has 1 saturated heterocycles. The molecular formula is C25H29NO7S. The molecule has 0 aromatic heterocycles. The van der Waals surface area contributed by atoms with Crippen LogP contribution in [0.1, 0.15) is 42.5 Å². The normalized spacial score (nSPS) is 17.1. The maximum Gasteiger partial charge on any atom is 0.309 e. The number of carbonyl (C=O) groups excluding carboxylic acids is 2. The highest BCUT2D eigenvalue weighted by Crippen LogP contribution is 2.34. The SMILES string of the molecule is O=C(CCCOC(=O)C1CCN(S(=O)(=O)c2ccc3c(c2)OCCCO3)CC1)c1ccccc1. The number of nitrogens with zero attached hydrogens (tertiary/aromatic N) is 1. The van der Waals surface area contributed by atoms with E-state index in [-0.39, 0.29) is 42.3 Å². The van der Waals surface area contributed by atoms with Gasteiger partial charge in [-0.1, -0.05) is 30.3 Å². The zero-order valence-electron chi connectivity index (χ0n) is 19.0. The molecule has 2 aromatic rings. The molecule has 1 fully saturated rings. The molecule has 0 saturated carbocycles. The van der Waals surface area contributed by atoms with Crippen LogP contribution in [0.5, 0.6) is 11.5 Å². The Hall–Kier alpha value is -2.91. The molecule has 2 aromatic carbocycles. The van der Waals surface area contributed by atoms with Gasteiger partial charge < -0.3 is 14.2 Å². The second-order valence-electron chi connectivity index (χ2n) is 8.40. The van der Waals surface area contributed by atoms with Crippen molar-refractivity contribution in [3.63, 3.8) is 0 Å². The first-order valence-corrected chi connectivity index (χ1v) is 13.0. The number of fused-ring (bicyclic) bond motifs is 1. The van der Waals surface area contributed by atoms with E-state index in [0.29, 0.717) is 56.0 Å². The van der Waals surface area contributed by atoms with Crippen molar-refractivity contribution in [2.45, 2.75) is 37.0 Å². The number of carbonyl (C=O) groups is 2. The van der Waals surface area contributed by atoms with Gasteiger partial charge in [0.1, 0.15) is 0 Å². The van der Waals surface area contributed by atoms with Crippen LogP contribution in [0.25, 0.3) is 0 Å². The number of rotatable bonds is 8. The number of Topliss-reactive ketones (excluding diaryl/α,β-unsaturated/α-hetero) is 1. The summed E-state index contributed by atoms with van der Waals surface area (Å²) in [7, 11) is -3.71. The number of ketones is 1. The third-order valence-electron chi connectivity index (χ3n) is 6.03. The maximum absolute atomic E-state index is 13.1. The van der Waals surface area contributed by atoms with Gasteiger partial charge in [-0.15, -0.1) is 0 Å². The lowest BCUT2D eigenvalue weighted by atomic mass is 9.98. The fourth-order valence-electron chi connectivity index (χ4n) is 4.08. The van der Waals surface area contributed by atoms with Gasteiger partial charge in [0.25, 0.3) is 0 Å². The Bertz CT molecular complexity index is 1110. The topological polar surface area (TPSA) is 99.2 Å². The largest absolute Gasteiger partial charge is 0.490 e. The van der Waals surface area contributed by atoms with Gasteiger partial charge in [0.05, 0.1) is 30.6 Å². The third-order valence-corrected chi connectivity index (χ3v) is 7.93. The number of ether oxygens (including phenoxy) is 3. The van der Waals surface area contributed by atoms with Gasteiger partial charge in [-0.25, -0.2) is 8.42 Å². The van der Waals surface area contributed by atoms with Gasteiger partial charge in [0.15, 0.2) is 17.3 Å². The summed E-state index contributed by atoms with van der Waals surface area (Å²) in [6.45, 7) is 1.66. The number of benzene rings is 2. The van der Waals surface area contributed by atoms with Gasteiger partial charge in [-0.3, -0.25) is 9.59 Å². The Morgan fingerprint density at radius 1 is 0.971 bits per heavy atom. The fraction of sp³-hybridized carbons (Fsp3) is 0.440. The van der Waals surface area contributed by atoms with E-state index in [1.807, 2.05) is 18.2 Å². The summed E-state index contributed by atoms with van der Waals surface area (Å²) in [5, 5.41) is 0. The van der Waals surface area contributed by atoms with E-state index in [2.05, 4.69) is 0 Å². The summed E-state index contributed by atoms with van der Waals surface area (Å²) in [5.41, 5.74) is 0.649. The van der Waals surface area contributed by atoms with Crippen LogP contribution in [0.3, 0.4) is 0 Å². The van der Waals surface area contributed by atoms with Crippen LogP contribution in [0.4, 0.5) is 0 Å². The maximum atomic E-state index is 13.1. The van der Waals surface area contributed by atoms with E-state index in [9.17, 15) is 18.0 Å². The standard InChI is InChI=1S/C25H29NO7S/c27-22(19-6-2-1-3-7-19)8-4-15-33-25(28)20-11-13-26(14-12-20)34(29,30)21-9-10-23-24(18-21)32-17-5-16-31-23/h1-3,6-7,9-10,18,20H,4-5,8,11-17H2. The smallest absolute Gasteiger partial charge is 0.309 e. The Morgan fingerprint density at radius 2 is 1.68 bits per heavy atom. The van der Waals surface area contributed by atoms with Gasteiger partial charge in [-0.05, 0) is 31.4 Å². The van der Waals surface area contributed by atoms with E-state index in [1.54, 1.807) is 18.2 Å². The summed E-state index contributed by atoms with van der Waals surface area (Å²) in [5.74, 6) is 0.316. The minimum absolute atomic E-state index is 0.0185. The lowest BCUT2D eigenvalue weighted by molar-refractivity contribution is -0.149. The Kier molecular flexibility index (Phi) is 7.84. The highest BCUT2D eigenvalue weighted by Gasteiger charge is 2.33. The zero-order valence-corrected chi connectivity index (χ0v) is 19.8. The Labute approximate surface area is 199 Å². The third kappa shape index (κ3) is 5.77. The molecule has 0 N–H and O–H groups in total. The van der Waals surface area contributed by atoms with Crippen molar-refractivity contribution in [1.82, 2.24) is 4.31 Å². The molecule has 182 valence electrons. The second kappa shape index (κ2) is 11.0. The molecule has 0 spiro atoms. The van der Waals surface area contributed by atoms with Crippen LogP contribution < -0.4 is 9.47 Å². The summed E-state index contributed by atoms with van der Waals surface area (Å²) in [6, 6.07) is 13.7. The molecule has 0 amide bonds. The van der Waals surface area contributed by atoms with Crippen LogP contribution in [0.2, 0.25) is 0 Å².